The third-order valence-electron chi connectivity index (χ3n) is 6.79. The van der Waals surface area contributed by atoms with Crippen molar-refractivity contribution in [2.24, 2.45) is 5.92 Å². The second-order valence-corrected chi connectivity index (χ2v) is 15.3. The quantitative estimate of drug-likeness (QED) is 0.238. The molecule has 1 fully saturated rings. The highest BCUT2D eigenvalue weighted by Gasteiger charge is 2.43. The smallest absolute Gasteiger partial charge is 0.311 e. The number of carbonyl (C=O) groups is 1. The van der Waals surface area contributed by atoms with E-state index in [4.69, 9.17) is 9.16 Å². The second-order valence-electron chi connectivity index (χ2n) is 10.6. The molecule has 0 radical (unpaired) electrons. The van der Waals surface area contributed by atoms with Crippen molar-refractivity contribution in [3.8, 4) is 0 Å². The molecule has 0 heterocycles. The van der Waals surface area contributed by atoms with Crippen molar-refractivity contribution in [3.63, 3.8) is 0 Å². The molecule has 2 unspecified atom stereocenters. The summed E-state index contributed by atoms with van der Waals surface area (Å²) in [6, 6.07) is 20.8. The number of nitrogens with zero attached hydrogens (tertiary/aromatic N) is 1. The van der Waals surface area contributed by atoms with Gasteiger partial charge in [-0.05, 0) is 49.0 Å². The minimum absolute atomic E-state index is 0.0284. The number of rotatable bonds is 10. The molecule has 0 aromatic heterocycles. The van der Waals surface area contributed by atoms with E-state index in [0.29, 0.717) is 0 Å². The van der Waals surface area contributed by atoms with Gasteiger partial charge >= 0.3 is 5.97 Å². The molecular formula is C27H39NO3Si. The molecule has 2 aromatic carbocycles. The Kier molecular flexibility index (Phi) is 7.96. The molecule has 5 heteroatoms. The maximum atomic E-state index is 12.7. The average molecular weight is 454 g/mol. The van der Waals surface area contributed by atoms with Crippen LogP contribution < -0.4 is 0 Å². The van der Waals surface area contributed by atoms with Gasteiger partial charge in [-0.25, -0.2) is 0 Å². The van der Waals surface area contributed by atoms with Crippen LogP contribution in [-0.4, -0.2) is 31.5 Å². The van der Waals surface area contributed by atoms with E-state index in [2.05, 4.69) is 94.2 Å². The van der Waals surface area contributed by atoms with Crippen LogP contribution in [0.1, 0.15) is 51.7 Å². The fourth-order valence-electron chi connectivity index (χ4n) is 3.37. The van der Waals surface area contributed by atoms with Gasteiger partial charge in [0.1, 0.15) is 0 Å². The minimum atomic E-state index is -2.15. The summed E-state index contributed by atoms with van der Waals surface area (Å²) >= 11 is 0. The van der Waals surface area contributed by atoms with Crippen molar-refractivity contribution < 1.29 is 14.0 Å². The first kappa shape index (κ1) is 24.7. The molecule has 0 amide bonds. The predicted molar refractivity (Wildman–Crippen MR) is 132 cm³/mol. The molecule has 174 valence electrons. The molecule has 3 rings (SSSR count). The Morgan fingerprint density at radius 1 is 0.969 bits per heavy atom. The lowest BCUT2D eigenvalue weighted by Gasteiger charge is -2.42. The van der Waals surface area contributed by atoms with Crippen LogP contribution in [0.4, 0.5) is 0 Å². The van der Waals surface area contributed by atoms with Crippen LogP contribution in [0.5, 0.6) is 0 Å². The highest BCUT2D eigenvalue weighted by atomic mass is 28.4. The fraction of sp³-hybridized carbons (Fsp3) is 0.519. The number of carbonyl (C=O) groups excluding carboxylic acids is 1. The third kappa shape index (κ3) is 6.77. The molecule has 4 nitrogen and oxygen atoms in total. The molecule has 0 N–H and O–H groups in total. The Morgan fingerprint density at radius 2 is 1.44 bits per heavy atom. The number of esters is 1. The largest absolute Gasteiger partial charge is 0.435 e. The van der Waals surface area contributed by atoms with E-state index in [1.807, 2.05) is 12.1 Å². The van der Waals surface area contributed by atoms with Crippen LogP contribution in [0.15, 0.2) is 60.7 Å². The topological polar surface area (TPSA) is 38.8 Å². The average Bonchev–Trinajstić information content (AvgIpc) is 3.58. The van der Waals surface area contributed by atoms with E-state index in [1.165, 1.54) is 11.1 Å². The number of hydrogen-bond acceptors (Lipinski definition) is 4. The first-order valence-electron chi connectivity index (χ1n) is 11.8. The number of benzene rings is 2. The van der Waals surface area contributed by atoms with Crippen molar-refractivity contribution in [3.05, 3.63) is 71.8 Å². The van der Waals surface area contributed by atoms with Crippen LogP contribution in [0.2, 0.25) is 18.1 Å². The second kappa shape index (κ2) is 10.3. The van der Waals surface area contributed by atoms with Crippen LogP contribution in [0, 0.1) is 5.92 Å². The lowest BCUT2D eigenvalue weighted by molar-refractivity contribution is -0.177. The highest BCUT2D eigenvalue weighted by molar-refractivity contribution is 6.74. The predicted octanol–water partition coefficient (Wildman–Crippen LogP) is 6.38. The lowest BCUT2D eigenvalue weighted by Crippen LogP contribution is -2.52. The van der Waals surface area contributed by atoms with Crippen molar-refractivity contribution >= 4 is 14.3 Å². The SMILES string of the molecule is CC(C(OC(=O)C1CC1)O[Si](C)(C)C(C)(C)C)N(Cc1ccccc1)Cc1ccccc1. The van der Waals surface area contributed by atoms with E-state index in [-0.39, 0.29) is 23.0 Å². The Bertz CT molecular complexity index is 818. The normalized spacial score (nSPS) is 16.6. The summed E-state index contributed by atoms with van der Waals surface area (Å²) in [6.45, 7) is 14.7. The van der Waals surface area contributed by atoms with Crippen molar-refractivity contribution in [1.29, 1.82) is 0 Å². The third-order valence-corrected chi connectivity index (χ3v) is 11.2. The van der Waals surface area contributed by atoms with E-state index >= 15 is 0 Å². The first-order valence-corrected chi connectivity index (χ1v) is 14.7. The monoisotopic (exact) mass is 453 g/mol. The Balaban J connectivity index is 1.87. The fourth-order valence-corrected chi connectivity index (χ4v) is 4.55. The molecule has 2 atom stereocenters. The Labute approximate surface area is 195 Å². The Morgan fingerprint density at radius 3 is 1.84 bits per heavy atom. The maximum Gasteiger partial charge on any atom is 0.311 e. The molecule has 1 saturated carbocycles. The Hall–Kier alpha value is -1.95. The van der Waals surface area contributed by atoms with E-state index in [9.17, 15) is 4.79 Å². The zero-order chi connectivity index (χ0) is 23.4. The van der Waals surface area contributed by atoms with Gasteiger partial charge in [0, 0.05) is 13.1 Å². The highest BCUT2D eigenvalue weighted by Crippen LogP contribution is 2.39. The summed E-state index contributed by atoms with van der Waals surface area (Å²) in [6.07, 6.45) is 1.27. The van der Waals surface area contributed by atoms with Gasteiger partial charge in [0.2, 0.25) is 6.29 Å². The van der Waals surface area contributed by atoms with Gasteiger partial charge in [0.05, 0.1) is 12.0 Å². The standard InChI is InChI=1S/C27H39NO3Si/c1-21(26(30-25(29)24-17-18-24)31-32(5,6)27(2,3)4)28(19-22-13-9-7-10-14-22)20-23-15-11-8-12-16-23/h7-16,21,24,26H,17-20H2,1-6H3. The van der Waals surface area contributed by atoms with Gasteiger partial charge in [0.15, 0.2) is 8.32 Å². The molecule has 0 saturated heterocycles. The van der Waals surface area contributed by atoms with Gasteiger partial charge in [-0.15, -0.1) is 0 Å². The van der Waals surface area contributed by atoms with Crippen molar-refractivity contribution in [2.45, 2.75) is 84.1 Å². The van der Waals surface area contributed by atoms with Crippen LogP contribution in [0.3, 0.4) is 0 Å². The van der Waals surface area contributed by atoms with Crippen LogP contribution in [-0.2, 0) is 27.0 Å². The number of ether oxygens (including phenoxy) is 1. The summed E-state index contributed by atoms with van der Waals surface area (Å²) in [4.78, 5) is 15.1. The summed E-state index contributed by atoms with van der Waals surface area (Å²) in [5.74, 6) is -0.0654. The molecular weight excluding hydrogens is 414 g/mol. The van der Waals surface area contributed by atoms with E-state index in [0.717, 1.165) is 25.9 Å². The van der Waals surface area contributed by atoms with Crippen LogP contribution >= 0.6 is 0 Å². The van der Waals surface area contributed by atoms with Gasteiger partial charge in [-0.3, -0.25) is 9.69 Å². The minimum Gasteiger partial charge on any atom is -0.435 e. The maximum absolute atomic E-state index is 12.7. The molecule has 0 aliphatic heterocycles. The summed E-state index contributed by atoms with van der Waals surface area (Å²) in [7, 11) is -2.15. The van der Waals surface area contributed by atoms with E-state index in [1.54, 1.807) is 0 Å². The van der Waals surface area contributed by atoms with E-state index < -0.39 is 14.6 Å². The zero-order valence-electron chi connectivity index (χ0n) is 20.5. The van der Waals surface area contributed by atoms with Gasteiger partial charge < -0.3 is 9.16 Å². The summed E-state index contributed by atoms with van der Waals surface area (Å²) in [5.41, 5.74) is 2.46. The lowest BCUT2D eigenvalue weighted by atomic mass is 10.1. The van der Waals surface area contributed by atoms with Crippen LogP contribution in [0.25, 0.3) is 0 Å². The molecule has 2 aromatic rings. The van der Waals surface area contributed by atoms with Gasteiger partial charge in [-0.1, -0.05) is 81.4 Å². The van der Waals surface area contributed by atoms with Gasteiger partial charge in [-0.2, -0.15) is 0 Å². The molecule has 0 bridgehead atoms. The number of hydrogen-bond donors (Lipinski definition) is 0. The van der Waals surface area contributed by atoms with Crippen molar-refractivity contribution in [1.82, 2.24) is 4.90 Å². The molecule has 1 aliphatic carbocycles. The van der Waals surface area contributed by atoms with Crippen molar-refractivity contribution in [2.75, 3.05) is 0 Å². The summed E-state index contributed by atoms with van der Waals surface area (Å²) < 4.78 is 12.8. The molecule has 1 aliphatic rings. The summed E-state index contributed by atoms with van der Waals surface area (Å²) in [5, 5.41) is 0.0284. The zero-order valence-corrected chi connectivity index (χ0v) is 21.5. The van der Waals surface area contributed by atoms with Gasteiger partial charge in [0.25, 0.3) is 0 Å². The molecule has 32 heavy (non-hydrogen) atoms. The first-order chi connectivity index (χ1) is 15.1. The molecule has 0 spiro atoms.